The van der Waals surface area contributed by atoms with Gasteiger partial charge in [-0.05, 0) is 0 Å². The van der Waals surface area contributed by atoms with Crippen LogP contribution in [0.25, 0.3) is 0 Å². The van der Waals surface area contributed by atoms with Gasteiger partial charge < -0.3 is 13.8 Å². The molecule has 0 amide bonds. The maximum Gasteiger partial charge on any atom is 2.00 e. The minimum absolute atomic E-state index is 0. The van der Waals surface area contributed by atoms with E-state index in [0.29, 0.717) is 5.41 Å². The van der Waals surface area contributed by atoms with Crippen molar-refractivity contribution in [1.29, 1.82) is 0 Å². The molecule has 0 aromatic rings. The van der Waals surface area contributed by atoms with E-state index in [-0.39, 0.29) is 18.6 Å². The molecule has 0 N–H and O–H groups in total. The van der Waals surface area contributed by atoms with Gasteiger partial charge in [0.15, 0.2) is 0 Å². The van der Waals surface area contributed by atoms with Crippen LogP contribution in [-0.2, 0) is 18.6 Å². The fraction of sp³-hybridized carbons (Fsp3) is 0.800. The Labute approximate surface area is 83.0 Å². The largest absolute Gasteiger partial charge is 2.00 e. The first-order valence-corrected chi connectivity index (χ1v) is 4.41. The van der Waals surface area contributed by atoms with E-state index in [4.69, 9.17) is 0 Å². The summed E-state index contributed by atoms with van der Waals surface area (Å²) in [4.78, 5) is 0. The molecule has 0 atom stereocenters. The quantitative estimate of drug-likeness (QED) is 0.584. The Kier molecular flexibility index (Phi) is 5.55. The summed E-state index contributed by atoms with van der Waals surface area (Å²) in [5.74, 6) is 0. The van der Waals surface area contributed by atoms with Crippen LogP contribution in [0.3, 0.4) is 0 Å². The molecule has 0 nitrogen and oxygen atoms in total. The van der Waals surface area contributed by atoms with Crippen LogP contribution >= 0.6 is 0 Å². The fourth-order valence-corrected chi connectivity index (χ4v) is 1.93. The summed E-state index contributed by atoms with van der Waals surface area (Å²) >= 11 is 0. The Morgan fingerprint density at radius 1 is 0.909 bits per heavy atom. The maximum atomic E-state index is 4.01. The van der Waals surface area contributed by atoms with Gasteiger partial charge in [-0.3, -0.25) is 0 Å². The molecule has 63 valence electrons. The van der Waals surface area contributed by atoms with Crippen molar-refractivity contribution in [2.75, 3.05) is 0 Å². The van der Waals surface area contributed by atoms with Gasteiger partial charge in [-0.15, -0.1) is 0 Å². The van der Waals surface area contributed by atoms with E-state index in [0.717, 1.165) is 12.8 Å². The van der Waals surface area contributed by atoms with Crippen molar-refractivity contribution in [2.24, 2.45) is 5.41 Å². The second-order valence-electron chi connectivity index (χ2n) is 3.56. The third-order valence-electron chi connectivity index (χ3n) is 2.97. The van der Waals surface area contributed by atoms with Crippen LogP contribution in [0, 0.1) is 19.3 Å². The SMILES string of the molecule is [CH2-]CC1(C[CH2-])CCCCC1.[V+2]. The van der Waals surface area contributed by atoms with E-state index in [1.807, 2.05) is 0 Å². The van der Waals surface area contributed by atoms with E-state index < -0.39 is 0 Å². The van der Waals surface area contributed by atoms with Gasteiger partial charge in [0, 0.05) is 0 Å². The third kappa shape index (κ3) is 2.84. The van der Waals surface area contributed by atoms with Gasteiger partial charge in [0.1, 0.15) is 0 Å². The molecule has 0 unspecified atom stereocenters. The molecule has 1 aliphatic carbocycles. The van der Waals surface area contributed by atoms with Crippen LogP contribution in [0.15, 0.2) is 0 Å². The number of hydrogen-bond acceptors (Lipinski definition) is 0. The summed E-state index contributed by atoms with van der Waals surface area (Å²) in [5, 5.41) is 0. The molecule has 0 spiro atoms. The van der Waals surface area contributed by atoms with Crippen molar-refractivity contribution in [3.8, 4) is 0 Å². The van der Waals surface area contributed by atoms with E-state index >= 15 is 0 Å². The molecule has 1 heteroatoms. The van der Waals surface area contributed by atoms with E-state index in [9.17, 15) is 0 Å². The van der Waals surface area contributed by atoms with Crippen LogP contribution in [0.1, 0.15) is 44.9 Å². The fourth-order valence-electron chi connectivity index (χ4n) is 1.93. The monoisotopic (exact) mass is 189 g/mol. The van der Waals surface area contributed by atoms with Gasteiger partial charge in [0.25, 0.3) is 0 Å². The molecule has 0 heterocycles. The Morgan fingerprint density at radius 2 is 1.36 bits per heavy atom. The molecule has 0 aromatic carbocycles. The molecule has 1 rings (SSSR count). The minimum Gasteiger partial charge on any atom is -0.343 e. The first-order valence-electron chi connectivity index (χ1n) is 4.41. The van der Waals surface area contributed by atoms with Crippen molar-refractivity contribution >= 4 is 0 Å². The molecule has 0 bridgehead atoms. The zero-order valence-corrected chi connectivity index (χ0v) is 8.71. The Balaban J connectivity index is 0.000001000. The summed E-state index contributed by atoms with van der Waals surface area (Å²) < 4.78 is 0. The molecule has 11 heavy (non-hydrogen) atoms. The second kappa shape index (κ2) is 5.27. The molecule has 1 radical (unpaired) electrons. The van der Waals surface area contributed by atoms with Crippen LogP contribution in [0.5, 0.6) is 0 Å². The maximum absolute atomic E-state index is 4.01. The molecule has 1 aliphatic rings. The van der Waals surface area contributed by atoms with Crippen molar-refractivity contribution in [1.82, 2.24) is 0 Å². The van der Waals surface area contributed by atoms with Gasteiger partial charge in [-0.25, -0.2) is 0 Å². The third-order valence-corrected chi connectivity index (χ3v) is 2.97. The summed E-state index contributed by atoms with van der Waals surface area (Å²) in [6.07, 6.45) is 9.19. The summed E-state index contributed by atoms with van der Waals surface area (Å²) in [5.41, 5.74) is 0.540. The average molecular weight is 189 g/mol. The Morgan fingerprint density at radius 3 is 1.64 bits per heavy atom. The van der Waals surface area contributed by atoms with E-state index in [1.54, 1.807) is 0 Å². The second-order valence-corrected chi connectivity index (χ2v) is 3.56. The average Bonchev–Trinajstić information content (AvgIpc) is 2.06. The van der Waals surface area contributed by atoms with Crippen molar-refractivity contribution in [3.05, 3.63) is 13.8 Å². The normalized spacial score (nSPS) is 22.4. The van der Waals surface area contributed by atoms with Crippen molar-refractivity contribution in [3.63, 3.8) is 0 Å². The predicted molar refractivity (Wildman–Crippen MR) is 45.5 cm³/mol. The molecule has 0 saturated heterocycles. The minimum atomic E-state index is 0. The molecule has 1 fully saturated rings. The number of hydrogen-bond donors (Lipinski definition) is 0. The molecule has 0 aliphatic heterocycles. The van der Waals surface area contributed by atoms with Crippen LogP contribution in [-0.4, -0.2) is 0 Å². The summed E-state index contributed by atoms with van der Waals surface area (Å²) in [6.45, 7) is 8.02. The smallest absolute Gasteiger partial charge is 0.343 e. The van der Waals surface area contributed by atoms with Gasteiger partial charge in [-0.2, -0.15) is 12.8 Å². The van der Waals surface area contributed by atoms with Crippen molar-refractivity contribution in [2.45, 2.75) is 44.9 Å². The van der Waals surface area contributed by atoms with Crippen LogP contribution in [0.4, 0.5) is 0 Å². The van der Waals surface area contributed by atoms with Gasteiger partial charge in [0.05, 0.1) is 0 Å². The molecular formula is C10H18V. The van der Waals surface area contributed by atoms with Crippen LogP contribution < -0.4 is 0 Å². The summed E-state index contributed by atoms with van der Waals surface area (Å²) in [6, 6.07) is 0. The van der Waals surface area contributed by atoms with Gasteiger partial charge in [-0.1, -0.05) is 37.5 Å². The molecular weight excluding hydrogens is 171 g/mol. The van der Waals surface area contributed by atoms with E-state index in [2.05, 4.69) is 13.8 Å². The summed E-state index contributed by atoms with van der Waals surface area (Å²) in [7, 11) is 0. The zero-order chi connectivity index (χ0) is 7.45. The first-order chi connectivity index (χ1) is 4.83. The molecule has 1 saturated carbocycles. The van der Waals surface area contributed by atoms with Crippen LogP contribution in [0.2, 0.25) is 0 Å². The van der Waals surface area contributed by atoms with Gasteiger partial charge in [0.2, 0.25) is 0 Å². The molecule has 0 aromatic heterocycles. The standard InChI is InChI=1S/C10H18.V/c1-3-10(4-2)8-6-5-7-9-10;/h1-9H2;/q-2;+2. The van der Waals surface area contributed by atoms with Crippen molar-refractivity contribution < 1.29 is 18.6 Å². The number of rotatable bonds is 2. The Hall–Kier alpha value is 0.584. The van der Waals surface area contributed by atoms with E-state index in [1.165, 1.54) is 32.1 Å². The topological polar surface area (TPSA) is 0 Å². The zero-order valence-electron chi connectivity index (χ0n) is 7.31. The predicted octanol–water partition coefficient (Wildman–Crippen LogP) is 3.38. The Bertz CT molecular complexity index is 87.0. The van der Waals surface area contributed by atoms with Gasteiger partial charge >= 0.3 is 18.6 Å². The first kappa shape index (κ1) is 11.6.